The first kappa shape index (κ1) is 77.7. The van der Waals surface area contributed by atoms with Gasteiger partial charge in [-0.1, -0.05) is 81.3 Å². The van der Waals surface area contributed by atoms with Gasteiger partial charge in [-0.15, -0.1) is 11.3 Å². The summed E-state index contributed by atoms with van der Waals surface area (Å²) in [6.07, 6.45) is 5.14. The van der Waals surface area contributed by atoms with Crippen LogP contribution >= 0.6 is 22.9 Å². The van der Waals surface area contributed by atoms with Gasteiger partial charge in [-0.2, -0.15) is 0 Å². The number of hydrogen-bond donors (Lipinski definition) is 6. The van der Waals surface area contributed by atoms with Crippen LogP contribution in [-0.2, 0) is 54.6 Å². The third-order valence-electron chi connectivity index (χ3n) is 19.6. The van der Waals surface area contributed by atoms with E-state index in [0.29, 0.717) is 74.3 Å². The summed E-state index contributed by atoms with van der Waals surface area (Å²) in [5.74, 6) is -1.12. The second-order valence-electron chi connectivity index (χ2n) is 28.3. The van der Waals surface area contributed by atoms with E-state index in [-0.39, 0.29) is 142 Å². The van der Waals surface area contributed by atoms with Crippen LogP contribution in [0.4, 0.5) is 34.1 Å². The number of nitrogens with zero attached hydrogens (tertiary/aromatic N) is 7. The molecule has 562 valence electrons. The lowest BCUT2D eigenvalue weighted by atomic mass is 9.72. The fraction of sp³-hybridized carbons (Fsp3) is 0.474. The summed E-state index contributed by atoms with van der Waals surface area (Å²) in [7, 11) is -4.42. The zero-order valence-electron chi connectivity index (χ0n) is 60.2. The Morgan fingerprint density at radius 3 is 2.21 bits per heavy atom. The number of aliphatic hydroxyl groups is 1. The maximum absolute atomic E-state index is 14.9. The number of aliphatic hydroxyl groups excluding tert-OH is 1. The minimum absolute atomic E-state index is 0.0415. The highest BCUT2D eigenvalue weighted by Crippen LogP contribution is 2.45. The van der Waals surface area contributed by atoms with Gasteiger partial charge in [0.05, 0.1) is 104 Å². The Hall–Kier alpha value is -8.42. The molecule has 105 heavy (non-hydrogen) atoms. The number of nitro benzene ring substituents is 1. The summed E-state index contributed by atoms with van der Waals surface area (Å²) in [5, 5.41) is 33.0. The normalized spacial score (nSPS) is 17.2. The van der Waals surface area contributed by atoms with Gasteiger partial charge in [0.15, 0.2) is 5.78 Å². The van der Waals surface area contributed by atoms with Gasteiger partial charge in [-0.25, -0.2) is 18.4 Å². The molecule has 0 bridgehead atoms. The molecule has 29 heteroatoms. The van der Waals surface area contributed by atoms with Crippen LogP contribution in [0.25, 0.3) is 27.0 Å². The van der Waals surface area contributed by atoms with Crippen LogP contribution in [0.2, 0.25) is 5.02 Å². The highest BCUT2D eigenvalue weighted by Gasteiger charge is 2.44. The Kier molecular flexibility index (Phi) is 26.5. The number of carbonyl (C=O) groups excluding carboxylic acids is 4. The highest BCUT2D eigenvalue weighted by atomic mass is 35.5. The standard InChI is InChI=1S/C76H95ClN12O14S2/c1-51-71(104-50-82-51)54-10-8-52(9-11-54)46-81-73(93)66-44-60(90)48-88(66)74(94)76(4,5)23-25-79-69(92)49-103-40-39-102-38-37-101-36-35-100-34-33-99-32-26-78-62-42-58(16-18-63(62)89(95)96)84-105(97,98)68-19-17-59(43-64(68)87-27-6-7-67(91)70-65(87)41-55-21-24-80-72(55)83-70)86-30-28-85(29-31-86)47-56-20-22-75(2,3)45-61(56)53-12-14-57(77)15-13-53/h8-19,21,24,41-43,50,60,66,78,84,90H,6-7,20,22-23,25-40,44-49H2,1-5H3,(H,79,92)(H,80,83)(H,81,93)/t60-,66+/m0/s1. The Labute approximate surface area is 621 Å². The monoisotopic (exact) mass is 1500 g/mol. The number of sulfonamides is 1. The van der Waals surface area contributed by atoms with Gasteiger partial charge in [0.25, 0.3) is 15.7 Å². The molecular formula is C76H95ClN12O14S2. The number of allylic oxidation sites excluding steroid dienone is 1. The molecule has 3 amide bonds. The Bertz CT molecular complexity index is 4330. The number of ether oxygens (including phenoxy) is 5. The number of pyridine rings is 1. The number of Topliss-reactive ketones (excluding diaryl/α,β-unsaturated/α-hetero) is 1. The average molecular weight is 1500 g/mol. The molecule has 0 radical (unpaired) electrons. The number of aromatic amines is 1. The number of amides is 3. The maximum atomic E-state index is 14.9. The van der Waals surface area contributed by atoms with Crippen molar-refractivity contribution in [3.63, 3.8) is 0 Å². The second-order valence-corrected chi connectivity index (χ2v) is 31.3. The number of carbonyl (C=O) groups is 4. The lowest BCUT2D eigenvalue weighted by Gasteiger charge is -2.39. The first-order valence-corrected chi connectivity index (χ1v) is 38.6. The second kappa shape index (κ2) is 35.8. The number of hydrogen-bond acceptors (Lipinski definition) is 21. The molecule has 7 aromatic rings. The number of aryl methyl sites for hydroxylation is 1. The number of fused-ring (bicyclic) bond motifs is 2. The quantitative estimate of drug-likeness (QED) is 0.0122. The molecule has 2 saturated heterocycles. The average Bonchev–Trinajstić information content (AvgIpc) is 1.70. The lowest BCUT2D eigenvalue weighted by Crippen LogP contribution is -2.50. The highest BCUT2D eigenvalue weighted by molar-refractivity contribution is 7.93. The number of anilines is 5. The first-order chi connectivity index (χ1) is 50.5. The number of benzene rings is 4. The SMILES string of the molecule is Cc1ncsc1-c1ccc(CNC(=O)[C@H]2C[C@H](O)CN2C(=O)C(C)(C)CCNC(=O)COCCOCCOCCOCCOCCNc2cc(NS(=O)(=O)c3ccc(N4CCN(CC5=C(c6ccc(Cl)cc6)CC(C)(C)CC5)CC4)cc3N3CCCC(=O)c4nc5[nH]ccc5cc43)ccc2[N+](=O)[O-])cc1. The van der Waals surface area contributed by atoms with Gasteiger partial charge in [0.2, 0.25) is 17.7 Å². The molecule has 3 aromatic heterocycles. The van der Waals surface area contributed by atoms with Crippen LogP contribution in [-0.4, -0.2) is 204 Å². The van der Waals surface area contributed by atoms with E-state index in [0.717, 1.165) is 71.7 Å². The van der Waals surface area contributed by atoms with E-state index < -0.39 is 32.5 Å². The van der Waals surface area contributed by atoms with Gasteiger partial charge in [0.1, 0.15) is 34.6 Å². The number of β-amino-alcohol motifs (C(OH)–C–C–N with tert-alkyl or cyclic N) is 1. The van der Waals surface area contributed by atoms with Crippen molar-refractivity contribution in [3.05, 3.63) is 152 Å². The maximum Gasteiger partial charge on any atom is 0.292 e. The zero-order chi connectivity index (χ0) is 74.3. The first-order valence-electron chi connectivity index (χ1n) is 35.8. The molecule has 11 rings (SSSR count). The predicted molar refractivity (Wildman–Crippen MR) is 406 cm³/mol. The third kappa shape index (κ3) is 20.6. The van der Waals surface area contributed by atoms with Crippen molar-refractivity contribution in [2.24, 2.45) is 10.8 Å². The fourth-order valence-electron chi connectivity index (χ4n) is 13.7. The van der Waals surface area contributed by atoms with E-state index in [9.17, 15) is 42.8 Å². The van der Waals surface area contributed by atoms with Gasteiger partial charge >= 0.3 is 0 Å². The van der Waals surface area contributed by atoms with Crippen LogP contribution in [0.5, 0.6) is 0 Å². The van der Waals surface area contributed by atoms with Crippen LogP contribution in [0.3, 0.4) is 0 Å². The van der Waals surface area contributed by atoms with Gasteiger partial charge in [0, 0.05) is 112 Å². The number of aromatic nitrogens is 3. The van der Waals surface area contributed by atoms with Gasteiger partial charge in [-0.3, -0.25) is 38.9 Å². The van der Waals surface area contributed by atoms with E-state index in [1.54, 1.807) is 37.4 Å². The molecule has 2 fully saturated rings. The van der Waals surface area contributed by atoms with Crippen molar-refractivity contribution in [1.82, 2.24) is 35.4 Å². The van der Waals surface area contributed by atoms with Crippen molar-refractivity contribution >= 4 is 107 Å². The van der Waals surface area contributed by atoms with Gasteiger partial charge in [-0.05, 0) is 121 Å². The number of ketones is 1. The van der Waals surface area contributed by atoms with E-state index in [2.05, 4.69) is 66.4 Å². The van der Waals surface area contributed by atoms with Crippen molar-refractivity contribution < 1.29 is 61.3 Å². The van der Waals surface area contributed by atoms with Crippen LogP contribution in [0, 0.1) is 27.9 Å². The third-order valence-corrected chi connectivity index (χ3v) is 22.2. The van der Waals surface area contributed by atoms with Crippen LogP contribution in [0.15, 0.2) is 119 Å². The van der Waals surface area contributed by atoms with Crippen LogP contribution in [0.1, 0.15) is 99.9 Å². The zero-order valence-corrected chi connectivity index (χ0v) is 62.6. The summed E-state index contributed by atoms with van der Waals surface area (Å²) in [4.78, 5) is 86.4. The topological polar surface area (TPSA) is 315 Å². The lowest BCUT2D eigenvalue weighted by molar-refractivity contribution is -0.383. The smallest absolute Gasteiger partial charge is 0.292 e. The fourth-order valence-corrected chi connectivity index (χ4v) is 15.9. The van der Waals surface area contributed by atoms with Crippen molar-refractivity contribution in [2.45, 2.75) is 103 Å². The molecule has 1 aliphatic carbocycles. The van der Waals surface area contributed by atoms with Crippen molar-refractivity contribution in [1.29, 1.82) is 0 Å². The number of H-pyrrole nitrogens is 1. The number of thiazole rings is 1. The molecule has 0 unspecified atom stereocenters. The molecule has 6 N–H and O–H groups in total. The summed E-state index contributed by atoms with van der Waals surface area (Å²) in [6.45, 7) is 17.0. The molecule has 3 aliphatic heterocycles. The summed E-state index contributed by atoms with van der Waals surface area (Å²) >= 11 is 7.88. The molecule has 2 atom stereocenters. The summed E-state index contributed by atoms with van der Waals surface area (Å²) in [5.41, 5.74) is 10.4. The van der Waals surface area contributed by atoms with Crippen molar-refractivity contribution in [3.8, 4) is 10.4 Å². The van der Waals surface area contributed by atoms with E-state index >= 15 is 0 Å². The number of nitro groups is 1. The number of likely N-dealkylation sites (tertiary alicyclic amines) is 1. The molecular weight excluding hydrogens is 1400 g/mol. The summed E-state index contributed by atoms with van der Waals surface area (Å²) in [6, 6.07) is 28.2. The van der Waals surface area contributed by atoms with E-state index in [1.165, 1.54) is 39.8 Å². The molecule has 4 aromatic carbocycles. The van der Waals surface area contributed by atoms with Crippen LogP contribution < -0.4 is 30.5 Å². The predicted octanol–water partition coefficient (Wildman–Crippen LogP) is 10.6. The Balaban J connectivity index is 0.581. The molecule has 26 nitrogen and oxygen atoms in total. The minimum atomic E-state index is -4.42. The van der Waals surface area contributed by atoms with Gasteiger partial charge < -0.3 is 64.4 Å². The Morgan fingerprint density at radius 1 is 0.819 bits per heavy atom. The summed E-state index contributed by atoms with van der Waals surface area (Å²) < 4.78 is 60.6. The molecule has 0 saturated carbocycles. The number of halogens is 1. The Morgan fingerprint density at radius 2 is 1.51 bits per heavy atom. The minimum Gasteiger partial charge on any atom is -0.391 e. The molecule has 0 spiro atoms. The van der Waals surface area contributed by atoms with E-state index in [1.807, 2.05) is 78.0 Å². The number of nitrogens with one attached hydrogen (secondary N) is 5. The molecule has 4 aliphatic rings. The largest absolute Gasteiger partial charge is 0.391 e. The number of piperazine rings is 1. The van der Waals surface area contributed by atoms with Crippen molar-refractivity contribution in [2.75, 3.05) is 145 Å². The van der Waals surface area contributed by atoms with E-state index in [4.69, 9.17) is 40.3 Å². The number of rotatable bonds is 35. The molecule has 6 heterocycles.